The SMILES string of the molecule is C[C@@H]1CC[C@]2(C)C(C=O)=CCC[C@H]2[C@]1(C)C[C@@H](O)[C@]1(C(=O)C=O)CO1. The van der Waals surface area contributed by atoms with E-state index in [0.29, 0.717) is 12.3 Å². The first-order chi connectivity index (χ1) is 11.7. The fraction of sp³-hybridized carbons (Fsp3) is 0.750. The van der Waals surface area contributed by atoms with Crippen molar-refractivity contribution in [2.75, 3.05) is 6.61 Å². The first-order valence-electron chi connectivity index (χ1n) is 9.22. The lowest BCUT2D eigenvalue weighted by Crippen LogP contribution is -2.53. The molecule has 0 aromatic heterocycles. The Hall–Kier alpha value is -1.33. The minimum absolute atomic E-state index is 0.109. The number of Topliss-reactive ketones (excluding diaryl/α,β-unsaturated/α-hetero) is 1. The number of epoxide rings is 1. The zero-order valence-electron chi connectivity index (χ0n) is 15.3. The zero-order chi connectivity index (χ0) is 18.5. The van der Waals surface area contributed by atoms with E-state index in [1.807, 2.05) is 0 Å². The van der Waals surface area contributed by atoms with Crippen molar-refractivity contribution in [1.82, 2.24) is 0 Å². The summed E-state index contributed by atoms with van der Waals surface area (Å²) in [5, 5.41) is 10.8. The highest BCUT2D eigenvalue weighted by Crippen LogP contribution is 2.62. The minimum Gasteiger partial charge on any atom is -0.389 e. The summed E-state index contributed by atoms with van der Waals surface area (Å²) in [7, 11) is 0. The summed E-state index contributed by atoms with van der Waals surface area (Å²) >= 11 is 0. The van der Waals surface area contributed by atoms with Crippen molar-refractivity contribution in [1.29, 1.82) is 0 Å². The molecule has 1 N–H and O–H groups in total. The van der Waals surface area contributed by atoms with Gasteiger partial charge in [0.25, 0.3) is 0 Å². The number of aliphatic hydroxyl groups is 1. The van der Waals surface area contributed by atoms with Crippen LogP contribution in [-0.4, -0.2) is 41.8 Å². The quantitative estimate of drug-likeness (QED) is 0.452. The molecule has 2 fully saturated rings. The van der Waals surface area contributed by atoms with Crippen LogP contribution in [0.1, 0.15) is 52.9 Å². The summed E-state index contributed by atoms with van der Waals surface area (Å²) in [6.07, 6.45) is 6.46. The van der Waals surface area contributed by atoms with Gasteiger partial charge in [0, 0.05) is 0 Å². The topological polar surface area (TPSA) is 84.0 Å². The van der Waals surface area contributed by atoms with Crippen LogP contribution in [0.3, 0.4) is 0 Å². The van der Waals surface area contributed by atoms with Crippen LogP contribution in [0.25, 0.3) is 0 Å². The van der Waals surface area contributed by atoms with Gasteiger partial charge >= 0.3 is 0 Å². The molecule has 0 spiro atoms. The van der Waals surface area contributed by atoms with Crippen LogP contribution in [0.2, 0.25) is 0 Å². The van der Waals surface area contributed by atoms with Gasteiger partial charge in [-0.3, -0.25) is 14.4 Å². The first-order valence-corrected chi connectivity index (χ1v) is 9.22. The fourth-order valence-corrected chi connectivity index (χ4v) is 5.51. The number of ether oxygens (including phenoxy) is 1. The van der Waals surface area contributed by atoms with Crippen molar-refractivity contribution in [3.05, 3.63) is 11.6 Å². The summed E-state index contributed by atoms with van der Waals surface area (Å²) in [5.74, 6) is -0.0639. The highest BCUT2D eigenvalue weighted by molar-refractivity contribution is 6.30. The average Bonchev–Trinajstić information content (AvgIpc) is 3.39. The molecule has 0 aromatic rings. The van der Waals surface area contributed by atoms with Crippen molar-refractivity contribution < 1.29 is 24.2 Å². The predicted octanol–water partition coefficient (Wildman–Crippen LogP) is 2.25. The van der Waals surface area contributed by atoms with E-state index in [9.17, 15) is 19.5 Å². The smallest absolute Gasteiger partial charge is 0.231 e. The van der Waals surface area contributed by atoms with Crippen LogP contribution in [0, 0.1) is 22.7 Å². The maximum Gasteiger partial charge on any atom is 0.231 e. The third-order valence-electron chi connectivity index (χ3n) is 7.54. The molecule has 5 heteroatoms. The van der Waals surface area contributed by atoms with Gasteiger partial charge in [-0.1, -0.05) is 26.8 Å². The number of ketones is 1. The van der Waals surface area contributed by atoms with E-state index in [0.717, 1.165) is 37.5 Å². The summed E-state index contributed by atoms with van der Waals surface area (Å²) < 4.78 is 5.24. The third kappa shape index (κ3) is 2.63. The zero-order valence-corrected chi connectivity index (χ0v) is 15.3. The van der Waals surface area contributed by atoms with Gasteiger partial charge in [-0.15, -0.1) is 0 Å². The van der Waals surface area contributed by atoms with Crippen LogP contribution < -0.4 is 0 Å². The molecule has 0 bridgehead atoms. The van der Waals surface area contributed by atoms with Gasteiger partial charge < -0.3 is 9.84 Å². The molecule has 0 radical (unpaired) electrons. The van der Waals surface area contributed by atoms with Crippen LogP contribution >= 0.6 is 0 Å². The second kappa shape index (κ2) is 6.13. The number of carbonyl (C=O) groups excluding carboxylic acids is 3. The predicted molar refractivity (Wildman–Crippen MR) is 91.9 cm³/mol. The fourth-order valence-electron chi connectivity index (χ4n) is 5.51. The van der Waals surface area contributed by atoms with Crippen molar-refractivity contribution in [2.24, 2.45) is 22.7 Å². The number of rotatable bonds is 6. The number of allylic oxidation sites excluding steroid dienone is 2. The Morgan fingerprint density at radius 3 is 2.64 bits per heavy atom. The lowest BCUT2D eigenvalue weighted by atomic mass is 9.46. The minimum atomic E-state index is -1.34. The van der Waals surface area contributed by atoms with Gasteiger partial charge in [0.05, 0.1) is 12.7 Å². The van der Waals surface area contributed by atoms with Gasteiger partial charge in [0.2, 0.25) is 5.78 Å². The van der Waals surface area contributed by atoms with E-state index in [1.165, 1.54) is 0 Å². The number of hydrogen-bond donors (Lipinski definition) is 1. The lowest BCUT2D eigenvalue weighted by molar-refractivity contribution is -0.139. The normalized spacial score (nSPS) is 44.2. The summed E-state index contributed by atoms with van der Waals surface area (Å²) in [5.41, 5.74) is -0.877. The Morgan fingerprint density at radius 2 is 2.08 bits per heavy atom. The van der Waals surface area contributed by atoms with E-state index >= 15 is 0 Å². The number of aldehydes is 2. The molecule has 5 nitrogen and oxygen atoms in total. The molecule has 6 atom stereocenters. The summed E-state index contributed by atoms with van der Waals surface area (Å²) in [6, 6.07) is 0. The number of carbonyl (C=O) groups is 3. The number of hydrogen-bond acceptors (Lipinski definition) is 5. The third-order valence-corrected chi connectivity index (χ3v) is 7.54. The van der Waals surface area contributed by atoms with Gasteiger partial charge in [0.15, 0.2) is 11.9 Å². The molecule has 3 rings (SSSR count). The molecule has 0 amide bonds. The Bertz CT molecular complexity index is 620. The average molecular weight is 348 g/mol. The largest absolute Gasteiger partial charge is 0.389 e. The molecular formula is C20H28O5. The Labute approximate surface area is 148 Å². The van der Waals surface area contributed by atoms with Gasteiger partial charge in [-0.2, -0.15) is 0 Å². The molecular weight excluding hydrogens is 320 g/mol. The molecule has 1 heterocycles. The van der Waals surface area contributed by atoms with E-state index in [-0.39, 0.29) is 29.6 Å². The van der Waals surface area contributed by atoms with Crippen molar-refractivity contribution >= 4 is 18.4 Å². The Morgan fingerprint density at radius 1 is 1.40 bits per heavy atom. The summed E-state index contributed by atoms with van der Waals surface area (Å²) in [4.78, 5) is 34.4. The first kappa shape index (κ1) is 18.5. The number of aliphatic hydroxyl groups excluding tert-OH is 1. The maximum atomic E-state index is 11.9. The molecule has 138 valence electrons. The summed E-state index contributed by atoms with van der Waals surface area (Å²) in [6.45, 7) is 6.62. The van der Waals surface area contributed by atoms with Crippen molar-refractivity contribution in [3.63, 3.8) is 0 Å². The van der Waals surface area contributed by atoms with E-state index < -0.39 is 17.5 Å². The van der Waals surface area contributed by atoms with Gasteiger partial charge in [-0.05, 0) is 60.3 Å². The molecule has 0 aromatic carbocycles. The monoisotopic (exact) mass is 348 g/mol. The molecule has 1 saturated carbocycles. The maximum absolute atomic E-state index is 11.9. The van der Waals surface area contributed by atoms with Crippen LogP contribution in [-0.2, 0) is 19.1 Å². The second-order valence-corrected chi connectivity index (χ2v) is 8.65. The highest BCUT2D eigenvalue weighted by atomic mass is 16.6. The van der Waals surface area contributed by atoms with E-state index in [4.69, 9.17) is 4.74 Å². The number of fused-ring (bicyclic) bond motifs is 1. The van der Waals surface area contributed by atoms with E-state index in [1.54, 1.807) is 0 Å². The Kier molecular flexibility index (Phi) is 4.53. The second-order valence-electron chi connectivity index (χ2n) is 8.65. The molecule has 1 aliphatic heterocycles. The highest BCUT2D eigenvalue weighted by Gasteiger charge is 2.61. The molecule has 25 heavy (non-hydrogen) atoms. The van der Waals surface area contributed by atoms with Gasteiger partial charge in [0.1, 0.15) is 6.29 Å². The standard InChI is InChI=1S/C20H28O5/c1-13-7-8-18(2)14(10-21)5-4-6-15(18)19(13,3)9-16(23)20(12-25-20)17(24)11-22/h5,10-11,13,15-16,23H,4,6-9,12H2,1-3H3/t13-,15-,16-,18-,19-,20+/m1/s1. The van der Waals surface area contributed by atoms with E-state index in [2.05, 4.69) is 26.8 Å². The molecule has 1 saturated heterocycles. The van der Waals surface area contributed by atoms with Crippen molar-refractivity contribution in [3.8, 4) is 0 Å². The molecule has 2 aliphatic carbocycles. The molecule has 0 unspecified atom stereocenters. The lowest BCUT2D eigenvalue weighted by Gasteiger charge is -2.58. The molecule has 3 aliphatic rings. The van der Waals surface area contributed by atoms with Crippen LogP contribution in [0.5, 0.6) is 0 Å². The van der Waals surface area contributed by atoms with Gasteiger partial charge in [-0.25, -0.2) is 0 Å². The Balaban J connectivity index is 1.90. The van der Waals surface area contributed by atoms with Crippen LogP contribution in [0.4, 0.5) is 0 Å². The van der Waals surface area contributed by atoms with Crippen LogP contribution in [0.15, 0.2) is 11.6 Å². The van der Waals surface area contributed by atoms with Crippen molar-refractivity contribution in [2.45, 2.75) is 64.6 Å².